The number of rotatable bonds is 3. The molecule has 1 fully saturated rings. The van der Waals surface area contributed by atoms with Crippen LogP contribution in [0.5, 0.6) is 0 Å². The van der Waals surface area contributed by atoms with Crippen LogP contribution in [0.2, 0.25) is 0 Å². The first-order valence-corrected chi connectivity index (χ1v) is 7.25. The average Bonchev–Trinajstić information content (AvgIpc) is 2.93. The summed E-state index contributed by atoms with van der Waals surface area (Å²) in [5.74, 6) is 0.876. The molecular weight excluding hydrogens is 220 g/mol. The fourth-order valence-electron chi connectivity index (χ4n) is 3.77. The normalized spacial score (nSPS) is 29.4. The van der Waals surface area contributed by atoms with E-state index in [2.05, 4.69) is 36.5 Å². The van der Waals surface area contributed by atoms with Gasteiger partial charge < -0.3 is 11.1 Å². The summed E-state index contributed by atoms with van der Waals surface area (Å²) in [5.41, 5.74) is 9.20. The van der Waals surface area contributed by atoms with E-state index < -0.39 is 0 Å². The summed E-state index contributed by atoms with van der Waals surface area (Å²) < 4.78 is 0. The Morgan fingerprint density at radius 2 is 1.89 bits per heavy atom. The third-order valence-corrected chi connectivity index (χ3v) is 4.77. The van der Waals surface area contributed by atoms with Crippen LogP contribution in [0.1, 0.15) is 37.3 Å². The molecule has 0 heterocycles. The number of nitrogens with two attached hydrogens (primary N) is 1. The lowest BCUT2D eigenvalue weighted by Gasteiger charge is -2.32. The Bertz CT molecular complexity index is 402. The monoisotopic (exact) mass is 244 g/mol. The van der Waals surface area contributed by atoms with Gasteiger partial charge in [-0.15, -0.1) is 0 Å². The van der Waals surface area contributed by atoms with Crippen LogP contribution in [0.3, 0.4) is 0 Å². The Kier molecular flexibility index (Phi) is 3.16. The molecule has 2 atom stereocenters. The second-order valence-corrected chi connectivity index (χ2v) is 6.37. The third kappa shape index (κ3) is 2.19. The summed E-state index contributed by atoms with van der Waals surface area (Å²) in [6, 6.07) is 9.47. The Labute approximate surface area is 110 Å². The lowest BCUT2D eigenvalue weighted by molar-refractivity contribution is 0.299. The molecule has 0 bridgehead atoms. The molecule has 2 heteroatoms. The highest BCUT2D eigenvalue weighted by Gasteiger charge is 2.38. The smallest absolute Gasteiger partial charge is 0.0387 e. The molecule has 1 aromatic rings. The second kappa shape index (κ2) is 4.67. The number of benzene rings is 1. The van der Waals surface area contributed by atoms with Crippen molar-refractivity contribution < 1.29 is 0 Å². The van der Waals surface area contributed by atoms with E-state index in [4.69, 9.17) is 5.73 Å². The molecule has 2 aliphatic rings. The highest BCUT2D eigenvalue weighted by molar-refractivity contribution is 5.36. The lowest BCUT2D eigenvalue weighted by Crippen LogP contribution is -2.55. The van der Waals surface area contributed by atoms with Gasteiger partial charge in [0.1, 0.15) is 0 Å². The summed E-state index contributed by atoms with van der Waals surface area (Å²) in [6.07, 6.45) is 6.21. The molecule has 0 saturated heterocycles. The Morgan fingerprint density at radius 1 is 1.22 bits per heavy atom. The standard InChI is InChI=1S/C16H24N2/c1-12-6-7-15(8-12)18-16(11-17)9-13-4-2-3-5-14(13)10-16/h2-5,12,15,18H,6-11,17H2,1H3. The molecule has 0 spiro atoms. The van der Waals surface area contributed by atoms with Gasteiger partial charge in [-0.25, -0.2) is 0 Å². The molecule has 98 valence electrons. The van der Waals surface area contributed by atoms with Crippen LogP contribution < -0.4 is 11.1 Å². The predicted molar refractivity (Wildman–Crippen MR) is 75.6 cm³/mol. The van der Waals surface area contributed by atoms with Crippen LogP contribution >= 0.6 is 0 Å². The minimum atomic E-state index is 0.123. The zero-order valence-electron chi connectivity index (χ0n) is 11.3. The molecule has 2 nitrogen and oxygen atoms in total. The summed E-state index contributed by atoms with van der Waals surface area (Å²) in [4.78, 5) is 0. The van der Waals surface area contributed by atoms with Crippen molar-refractivity contribution in [1.29, 1.82) is 0 Å². The van der Waals surface area contributed by atoms with E-state index in [1.165, 1.54) is 30.4 Å². The van der Waals surface area contributed by atoms with Gasteiger partial charge in [-0.2, -0.15) is 0 Å². The van der Waals surface area contributed by atoms with Crippen molar-refractivity contribution in [3.8, 4) is 0 Å². The summed E-state index contributed by atoms with van der Waals surface area (Å²) in [6.45, 7) is 3.10. The molecule has 0 aliphatic heterocycles. The van der Waals surface area contributed by atoms with Gasteiger partial charge in [0, 0.05) is 18.1 Å². The molecule has 3 rings (SSSR count). The van der Waals surface area contributed by atoms with Gasteiger partial charge >= 0.3 is 0 Å². The zero-order chi connectivity index (χ0) is 12.6. The first-order chi connectivity index (χ1) is 8.71. The fraction of sp³-hybridized carbons (Fsp3) is 0.625. The molecule has 1 saturated carbocycles. The molecule has 3 N–H and O–H groups in total. The largest absolute Gasteiger partial charge is 0.329 e. The van der Waals surface area contributed by atoms with Crippen LogP contribution in [0.25, 0.3) is 0 Å². The number of hydrogen-bond acceptors (Lipinski definition) is 2. The maximum absolute atomic E-state index is 6.10. The van der Waals surface area contributed by atoms with Crippen molar-refractivity contribution in [2.24, 2.45) is 11.7 Å². The highest BCUT2D eigenvalue weighted by Crippen LogP contribution is 2.33. The quantitative estimate of drug-likeness (QED) is 0.856. The lowest BCUT2D eigenvalue weighted by atomic mass is 9.94. The van der Waals surface area contributed by atoms with Crippen molar-refractivity contribution in [1.82, 2.24) is 5.32 Å². The maximum Gasteiger partial charge on any atom is 0.0387 e. The van der Waals surface area contributed by atoms with Crippen molar-refractivity contribution in [2.45, 2.75) is 50.6 Å². The molecule has 2 unspecified atom stereocenters. The topological polar surface area (TPSA) is 38.0 Å². The van der Waals surface area contributed by atoms with Crippen LogP contribution in [0.15, 0.2) is 24.3 Å². The Morgan fingerprint density at radius 3 is 2.39 bits per heavy atom. The third-order valence-electron chi connectivity index (χ3n) is 4.77. The Balaban J connectivity index is 1.74. The van der Waals surface area contributed by atoms with E-state index in [0.717, 1.165) is 25.3 Å². The van der Waals surface area contributed by atoms with Gasteiger partial charge in [-0.3, -0.25) is 0 Å². The van der Waals surface area contributed by atoms with E-state index >= 15 is 0 Å². The SMILES string of the molecule is CC1CCC(NC2(CN)Cc3ccccc3C2)C1. The Hall–Kier alpha value is -0.860. The van der Waals surface area contributed by atoms with E-state index in [-0.39, 0.29) is 5.54 Å². The van der Waals surface area contributed by atoms with E-state index in [1.54, 1.807) is 0 Å². The van der Waals surface area contributed by atoms with E-state index in [0.29, 0.717) is 6.04 Å². The van der Waals surface area contributed by atoms with Gasteiger partial charge in [0.2, 0.25) is 0 Å². The number of hydrogen-bond donors (Lipinski definition) is 2. The summed E-state index contributed by atoms with van der Waals surface area (Å²) >= 11 is 0. The number of fused-ring (bicyclic) bond motifs is 1. The van der Waals surface area contributed by atoms with Crippen LogP contribution in [0, 0.1) is 5.92 Å². The molecule has 1 aromatic carbocycles. The van der Waals surface area contributed by atoms with Gasteiger partial charge in [0.25, 0.3) is 0 Å². The van der Waals surface area contributed by atoms with E-state index in [9.17, 15) is 0 Å². The van der Waals surface area contributed by atoms with Crippen LogP contribution in [0.4, 0.5) is 0 Å². The average molecular weight is 244 g/mol. The molecule has 18 heavy (non-hydrogen) atoms. The van der Waals surface area contributed by atoms with Gasteiger partial charge in [0.15, 0.2) is 0 Å². The molecule has 0 aromatic heterocycles. The van der Waals surface area contributed by atoms with E-state index in [1.807, 2.05) is 0 Å². The summed E-state index contributed by atoms with van der Waals surface area (Å²) in [5, 5.41) is 3.89. The van der Waals surface area contributed by atoms with Gasteiger partial charge in [-0.1, -0.05) is 31.2 Å². The fourth-order valence-corrected chi connectivity index (χ4v) is 3.77. The van der Waals surface area contributed by atoms with Crippen LogP contribution in [-0.4, -0.2) is 18.1 Å². The van der Waals surface area contributed by atoms with Crippen molar-refractivity contribution >= 4 is 0 Å². The first kappa shape index (κ1) is 12.2. The zero-order valence-corrected chi connectivity index (χ0v) is 11.3. The highest BCUT2D eigenvalue weighted by atomic mass is 15.0. The molecule has 2 aliphatic carbocycles. The maximum atomic E-state index is 6.10. The molecular formula is C16H24N2. The molecule has 0 amide bonds. The number of nitrogens with one attached hydrogen (secondary N) is 1. The second-order valence-electron chi connectivity index (χ2n) is 6.37. The van der Waals surface area contributed by atoms with Crippen LogP contribution in [-0.2, 0) is 12.8 Å². The summed E-state index contributed by atoms with van der Waals surface area (Å²) in [7, 11) is 0. The van der Waals surface area contributed by atoms with Gasteiger partial charge in [0.05, 0.1) is 0 Å². The van der Waals surface area contributed by atoms with Crippen molar-refractivity contribution in [2.75, 3.05) is 6.54 Å². The minimum absolute atomic E-state index is 0.123. The minimum Gasteiger partial charge on any atom is -0.329 e. The van der Waals surface area contributed by atoms with Gasteiger partial charge in [-0.05, 0) is 49.1 Å². The first-order valence-electron chi connectivity index (χ1n) is 7.25. The predicted octanol–water partition coefficient (Wildman–Crippen LogP) is 2.26. The molecule has 0 radical (unpaired) electrons. The van der Waals surface area contributed by atoms with Crippen molar-refractivity contribution in [3.63, 3.8) is 0 Å². The van der Waals surface area contributed by atoms with Crippen molar-refractivity contribution in [3.05, 3.63) is 35.4 Å².